The topological polar surface area (TPSA) is 29.3 Å². The van der Waals surface area contributed by atoms with Crippen LogP contribution in [-0.2, 0) is 6.42 Å². The first-order valence-electron chi connectivity index (χ1n) is 5.85. The van der Waals surface area contributed by atoms with Crippen molar-refractivity contribution in [2.75, 3.05) is 13.6 Å². The summed E-state index contributed by atoms with van der Waals surface area (Å²) in [6.07, 6.45) is 3.60. The zero-order valence-corrected chi connectivity index (χ0v) is 10.5. The fourth-order valence-corrected chi connectivity index (χ4v) is 2.15. The first kappa shape index (κ1) is 11.9. The van der Waals surface area contributed by atoms with Gasteiger partial charge in [0.2, 0.25) is 0 Å². The molecule has 88 valence electrons. The van der Waals surface area contributed by atoms with Crippen LogP contribution in [0.5, 0.6) is 0 Å². The van der Waals surface area contributed by atoms with Gasteiger partial charge in [0.1, 0.15) is 0 Å². The Labute approximate surface area is 102 Å². The molecule has 2 nitrogen and oxygen atoms in total. The Bertz CT molecular complexity index is 332. The van der Waals surface area contributed by atoms with Crippen molar-refractivity contribution in [3.63, 3.8) is 0 Å². The van der Waals surface area contributed by atoms with Gasteiger partial charge in [-0.25, -0.2) is 0 Å². The van der Waals surface area contributed by atoms with E-state index in [2.05, 4.69) is 24.1 Å². The average Bonchev–Trinajstić information content (AvgIpc) is 3.04. The van der Waals surface area contributed by atoms with E-state index in [1.807, 2.05) is 12.1 Å². The van der Waals surface area contributed by atoms with Gasteiger partial charge in [0.25, 0.3) is 0 Å². The Morgan fingerprint density at radius 2 is 2.00 bits per heavy atom. The lowest BCUT2D eigenvalue weighted by molar-refractivity contribution is 0.300. The van der Waals surface area contributed by atoms with Gasteiger partial charge >= 0.3 is 0 Å². The molecule has 1 aliphatic rings. The summed E-state index contributed by atoms with van der Waals surface area (Å²) in [5.74, 6) is 0. The molecule has 1 aromatic carbocycles. The number of nitrogens with zero attached hydrogens (tertiary/aromatic N) is 1. The molecule has 1 saturated carbocycles. The zero-order valence-electron chi connectivity index (χ0n) is 9.70. The van der Waals surface area contributed by atoms with Gasteiger partial charge in [-0.15, -0.1) is 0 Å². The molecule has 2 rings (SSSR count). The van der Waals surface area contributed by atoms with E-state index in [0.29, 0.717) is 0 Å². The summed E-state index contributed by atoms with van der Waals surface area (Å²) < 4.78 is 0. The first-order valence-corrected chi connectivity index (χ1v) is 6.23. The monoisotopic (exact) mass is 238 g/mol. The maximum atomic E-state index is 6.14. The van der Waals surface area contributed by atoms with Gasteiger partial charge in [-0.1, -0.05) is 23.7 Å². The second kappa shape index (κ2) is 5.17. The number of hydrogen-bond donors (Lipinski definition) is 1. The number of halogens is 1. The molecule has 1 aromatic rings. The first-order chi connectivity index (χ1) is 7.65. The van der Waals surface area contributed by atoms with Crippen LogP contribution in [0.1, 0.15) is 18.4 Å². The van der Waals surface area contributed by atoms with Crippen molar-refractivity contribution in [1.29, 1.82) is 0 Å². The van der Waals surface area contributed by atoms with Crippen LogP contribution in [0.3, 0.4) is 0 Å². The van der Waals surface area contributed by atoms with Crippen LogP contribution in [-0.4, -0.2) is 30.6 Å². The highest BCUT2D eigenvalue weighted by Gasteiger charge is 2.26. The van der Waals surface area contributed by atoms with Gasteiger partial charge in [0.15, 0.2) is 0 Å². The van der Waals surface area contributed by atoms with Crippen LogP contribution >= 0.6 is 11.6 Å². The second-order valence-corrected chi connectivity index (χ2v) is 5.20. The molecule has 0 aliphatic heterocycles. The Kier molecular flexibility index (Phi) is 3.85. The van der Waals surface area contributed by atoms with E-state index in [1.54, 1.807) is 0 Å². The standard InChI is InChI=1S/C13H19ClN2/c1-16(13-6-7-13)9-12(15)8-10-2-4-11(14)5-3-10/h2-5,12-13H,6-9,15H2,1H3. The predicted molar refractivity (Wildman–Crippen MR) is 68.8 cm³/mol. The van der Waals surface area contributed by atoms with E-state index in [9.17, 15) is 0 Å². The molecular weight excluding hydrogens is 220 g/mol. The molecule has 1 unspecified atom stereocenters. The number of rotatable bonds is 5. The average molecular weight is 239 g/mol. The minimum Gasteiger partial charge on any atom is -0.326 e. The van der Waals surface area contributed by atoms with Crippen molar-refractivity contribution in [1.82, 2.24) is 4.90 Å². The lowest BCUT2D eigenvalue weighted by Gasteiger charge is -2.20. The Hall–Kier alpha value is -0.570. The van der Waals surface area contributed by atoms with E-state index in [0.717, 1.165) is 24.0 Å². The Morgan fingerprint density at radius 1 is 1.38 bits per heavy atom. The van der Waals surface area contributed by atoms with Gasteiger partial charge in [-0.3, -0.25) is 0 Å². The number of benzene rings is 1. The molecular formula is C13H19ClN2. The third kappa shape index (κ3) is 3.48. The lowest BCUT2D eigenvalue weighted by atomic mass is 10.1. The van der Waals surface area contributed by atoms with Gasteiger partial charge in [-0.05, 0) is 44.0 Å². The summed E-state index contributed by atoms with van der Waals surface area (Å²) in [6.45, 7) is 0.979. The molecule has 0 amide bonds. The fourth-order valence-electron chi connectivity index (χ4n) is 2.02. The van der Waals surface area contributed by atoms with Crippen molar-refractivity contribution in [3.05, 3.63) is 34.9 Å². The van der Waals surface area contributed by atoms with Crippen LogP contribution in [0.25, 0.3) is 0 Å². The van der Waals surface area contributed by atoms with E-state index in [1.165, 1.54) is 18.4 Å². The van der Waals surface area contributed by atoms with E-state index >= 15 is 0 Å². The van der Waals surface area contributed by atoms with Crippen LogP contribution in [0.15, 0.2) is 24.3 Å². The molecule has 0 aromatic heterocycles. The van der Waals surface area contributed by atoms with E-state index in [-0.39, 0.29) is 6.04 Å². The Balaban J connectivity index is 1.81. The fraction of sp³-hybridized carbons (Fsp3) is 0.538. The highest BCUT2D eigenvalue weighted by Crippen LogP contribution is 2.25. The van der Waals surface area contributed by atoms with Crippen LogP contribution in [0.4, 0.5) is 0 Å². The van der Waals surface area contributed by atoms with Gasteiger partial charge in [0, 0.05) is 23.7 Å². The molecule has 2 N–H and O–H groups in total. The zero-order chi connectivity index (χ0) is 11.5. The summed E-state index contributed by atoms with van der Waals surface area (Å²) in [4.78, 5) is 2.38. The van der Waals surface area contributed by atoms with Gasteiger partial charge in [-0.2, -0.15) is 0 Å². The molecule has 3 heteroatoms. The number of hydrogen-bond acceptors (Lipinski definition) is 2. The summed E-state index contributed by atoms with van der Waals surface area (Å²) in [6, 6.07) is 8.96. The summed E-state index contributed by atoms with van der Waals surface area (Å²) in [7, 11) is 2.17. The SMILES string of the molecule is CN(CC(N)Cc1ccc(Cl)cc1)C1CC1. The quantitative estimate of drug-likeness (QED) is 0.853. The predicted octanol–water partition coefficient (Wildman–Crippen LogP) is 2.30. The molecule has 0 heterocycles. The summed E-state index contributed by atoms with van der Waals surface area (Å²) >= 11 is 5.84. The largest absolute Gasteiger partial charge is 0.326 e. The maximum Gasteiger partial charge on any atom is 0.0406 e. The van der Waals surface area contributed by atoms with Gasteiger partial charge < -0.3 is 10.6 Å². The highest BCUT2D eigenvalue weighted by atomic mass is 35.5. The molecule has 1 atom stereocenters. The van der Waals surface area contributed by atoms with Crippen molar-refractivity contribution in [3.8, 4) is 0 Å². The molecule has 1 fully saturated rings. The van der Waals surface area contributed by atoms with Crippen LogP contribution in [0.2, 0.25) is 5.02 Å². The summed E-state index contributed by atoms with van der Waals surface area (Å²) in [5.41, 5.74) is 7.40. The molecule has 0 saturated heterocycles. The van der Waals surface area contributed by atoms with Gasteiger partial charge in [0.05, 0.1) is 0 Å². The van der Waals surface area contributed by atoms with Crippen molar-refractivity contribution < 1.29 is 0 Å². The molecule has 0 spiro atoms. The minimum absolute atomic E-state index is 0.215. The lowest BCUT2D eigenvalue weighted by Crippen LogP contribution is -2.37. The number of nitrogens with two attached hydrogens (primary N) is 1. The van der Waals surface area contributed by atoms with Crippen LogP contribution in [0, 0.1) is 0 Å². The van der Waals surface area contributed by atoms with Crippen LogP contribution < -0.4 is 5.73 Å². The Morgan fingerprint density at radius 3 is 2.56 bits per heavy atom. The molecule has 16 heavy (non-hydrogen) atoms. The second-order valence-electron chi connectivity index (χ2n) is 4.76. The van der Waals surface area contributed by atoms with Crippen molar-refractivity contribution in [2.24, 2.45) is 5.73 Å². The normalized spacial score (nSPS) is 17.8. The number of likely N-dealkylation sites (N-methyl/N-ethyl adjacent to an activating group) is 1. The molecule has 1 aliphatic carbocycles. The van der Waals surface area contributed by atoms with Crippen molar-refractivity contribution in [2.45, 2.75) is 31.3 Å². The maximum absolute atomic E-state index is 6.14. The van der Waals surface area contributed by atoms with E-state index < -0.39 is 0 Å². The molecule has 0 radical (unpaired) electrons. The smallest absolute Gasteiger partial charge is 0.0406 e. The highest BCUT2D eigenvalue weighted by molar-refractivity contribution is 6.30. The minimum atomic E-state index is 0.215. The third-order valence-electron chi connectivity index (χ3n) is 3.10. The van der Waals surface area contributed by atoms with E-state index in [4.69, 9.17) is 17.3 Å². The van der Waals surface area contributed by atoms with Crippen molar-refractivity contribution >= 4 is 11.6 Å². The summed E-state index contributed by atoms with van der Waals surface area (Å²) in [5, 5.41) is 0.785. The molecule has 0 bridgehead atoms. The third-order valence-corrected chi connectivity index (χ3v) is 3.36.